The molecule has 0 aliphatic heterocycles. The van der Waals surface area contributed by atoms with Crippen molar-refractivity contribution >= 4 is 39.2 Å². The minimum atomic E-state index is -4.84. The second-order valence-corrected chi connectivity index (χ2v) is 10.1. The molecular weight excluding hydrogens is 484 g/mol. The summed E-state index contributed by atoms with van der Waals surface area (Å²) in [6.07, 6.45) is 0. The molecule has 0 bridgehead atoms. The number of rotatable bonds is 8. The van der Waals surface area contributed by atoms with Crippen molar-refractivity contribution in [3.63, 3.8) is 0 Å². The number of anilines is 3. The maximum absolute atomic E-state index is 12.6. The monoisotopic (exact) mass is 507 g/mol. The molecule has 186 valence electrons. The smallest absolute Gasteiger partial charge is 0.355 e. The fourth-order valence-corrected chi connectivity index (χ4v) is 3.68. The molecule has 35 heavy (non-hydrogen) atoms. The zero-order chi connectivity index (χ0) is 26.1. The molecule has 0 radical (unpaired) electrons. The number of carbonyl (C=O) groups is 2. The van der Waals surface area contributed by atoms with Crippen LogP contribution < -0.4 is 21.5 Å². The number of sulfonamides is 1. The Morgan fingerprint density at radius 1 is 1.03 bits per heavy atom. The lowest BCUT2D eigenvalue weighted by atomic mass is 10.1. The van der Waals surface area contributed by atoms with Crippen LogP contribution in [0.4, 0.5) is 26.1 Å². The van der Waals surface area contributed by atoms with E-state index in [0.29, 0.717) is 5.56 Å². The molecule has 0 unspecified atom stereocenters. The average Bonchev–Trinajstić information content (AvgIpc) is 3.14. The summed E-state index contributed by atoms with van der Waals surface area (Å²) in [5.74, 6) is -4.77. The van der Waals surface area contributed by atoms with Crippen molar-refractivity contribution in [1.29, 1.82) is 0 Å². The Hall–Kier alpha value is -4.07. The van der Waals surface area contributed by atoms with Gasteiger partial charge in [0.25, 0.3) is 21.8 Å². The normalized spacial score (nSPS) is 11.9. The number of nitrogens with zero attached hydrogens (tertiary/aromatic N) is 3. The molecule has 14 heteroatoms. The zero-order valence-electron chi connectivity index (χ0n) is 18.9. The largest absolute Gasteiger partial charge is 0.365 e. The summed E-state index contributed by atoms with van der Waals surface area (Å²) in [6, 6.07) is 9.85. The summed E-state index contributed by atoms with van der Waals surface area (Å²) >= 11 is 0. The number of aromatic nitrogens is 3. The summed E-state index contributed by atoms with van der Waals surface area (Å²) in [6.45, 7) is 5.49. The predicted molar refractivity (Wildman–Crippen MR) is 126 cm³/mol. The Bertz CT molecular complexity index is 1380. The number of halogens is 2. The maximum Gasteiger partial charge on any atom is 0.355 e. The predicted octanol–water partition coefficient (Wildman–Crippen LogP) is 2.61. The number of pyridine rings is 1. The lowest BCUT2D eigenvalue weighted by Gasteiger charge is -2.23. The molecule has 11 nitrogen and oxygen atoms in total. The highest BCUT2D eigenvalue weighted by atomic mass is 32.2. The van der Waals surface area contributed by atoms with Crippen molar-refractivity contribution in [1.82, 2.24) is 14.8 Å². The second kappa shape index (κ2) is 9.29. The van der Waals surface area contributed by atoms with Crippen LogP contribution in [0, 0.1) is 0 Å². The fourth-order valence-electron chi connectivity index (χ4n) is 3.12. The first-order valence-electron chi connectivity index (χ1n) is 10.1. The molecule has 0 spiro atoms. The van der Waals surface area contributed by atoms with Crippen molar-refractivity contribution < 1.29 is 26.8 Å². The van der Waals surface area contributed by atoms with Gasteiger partial charge in [0.15, 0.2) is 0 Å². The molecule has 1 aromatic carbocycles. The van der Waals surface area contributed by atoms with Gasteiger partial charge in [-0.3, -0.25) is 14.3 Å². The van der Waals surface area contributed by atoms with E-state index in [2.05, 4.69) is 15.4 Å². The molecule has 0 aliphatic carbocycles. The average molecular weight is 508 g/mol. The van der Waals surface area contributed by atoms with Gasteiger partial charge in [0.05, 0.1) is 5.54 Å². The first-order chi connectivity index (χ1) is 16.2. The van der Waals surface area contributed by atoms with Crippen molar-refractivity contribution in [3.05, 3.63) is 53.7 Å². The molecule has 6 N–H and O–H groups in total. The SMILES string of the molecule is CC(C)(C)n1nc(-c2ccc(NS(=O)(=O)C(F)F)cc2)c(C(N)=O)c1Nc1cccc(C(N)=O)n1. The molecule has 2 amide bonds. The molecule has 0 fully saturated rings. The number of carbonyl (C=O) groups excluding carboxylic acids is 2. The highest BCUT2D eigenvalue weighted by Gasteiger charge is 2.29. The van der Waals surface area contributed by atoms with Gasteiger partial charge in [0.2, 0.25) is 0 Å². The van der Waals surface area contributed by atoms with Crippen LogP contribution in [0.3, 0.4) is 0 Å². The Labute approximate surface area is 199 Å². The van der Waals surface area contributed by atoms with Crippen LogP contribution in [0.2, 0.25) is 0 Å². The van der Waals surface area contributed by atoms with Gasteiger partial charge in [-0.1, -0.05) is 18.2 Å². The number of hydrogen-bond donors (Lipinski definition) is 4. The lowest BCUT2D eigenvalue weighted by Crippen LogP contribution is -2.25. The Kier molecular flexibility index (Phi) is 6.78. The van der Waals surface area contributed by atoms with Crippen molar-refractivity contribution in [2.75, 3.05) is 10.0 Å². The molecular formula is C21H23F2N7O4S. The minimum absolute atomic E-state index is 0.000453. The summed E-state index contributed by atoms with van der Waals surface area (Å²) in [7, 11) is -4.84. The van der Waals surface area contributed by atoms with Gasteiger partial charge < -0.3 is 16.8 Å². The van der Waals surface area contributed by atoms with Gasteiger partial charge in [0, 0.05) is 11.3 Å². The van der Waals surface area contributed by atoms with E-state index in [4.69, 9.17) is 11.5 Å². The topological polar surface area (TPSA) is 175 Å². The van der Waals surface area contributed by atoms with E-state index in [1.54, 1.807) is 16.9 Å². The van der Waals surface area contributed by atoms with E-state index in [0.717, 1.165) is 0 Å². The van der Waals surface area contributed by atoms with E-state index in [1.807, 2.05) is 20.8 Å². The van der Waals surface area contributed by atoms with Crippen LogP contribution in [0.15, 0.2) is 42.5 Å². The number of nitrogens with one attached hydrogen (secondary N) is 2. The second-order valence-electron chi connectivity index (χ2n) is 8.40. The van der Waals surface area contributed by atoms with E-state index in [-0.39, 0.29) is 34.3 Å². The Morgan fingerprint density at radius 2 is 1.66 bits per heavy atom. The van der Waals surface area contributed by atoms with Gasteiger partial charge in [-0.25, -0.2) is 18.1 Å². The third kappa shape index (κ3) is 5.54. The zero-order valence-corrected chi connectivity index (χ0v) is 19.7. The minimum Gasteiger partial charge on any atom is -0.365 e. The lowest BCUT2D eigenvalue weighted by molar-refractivity contribution is 0.0989. The van der Waals surface area contributed by atoms with Gasteiger partial charge in [-0.15, -0.1) is 0 Å². The van der Waals surface area contributed by atoms with Gasteiger partial charge in [-0.2, -0.15) is 13.9 Å². The van der Waals surface area contributed by atoms with Crippen LogP contribution >= 0.6 is 0 Å². The standard InChI is InChI=1S/C21H23F2N7O4S/c1-21(2,3)30-19(27-14-6-4-5-13(26-14)17(24)31)15(18(25)32)16(28-30)11-7-9-12(10-8-11)29-35(33,34)20(22)23/h4-10,20,29H,1-3H3,(H2,24,31)(H2,25,32)(H,26,27). The van der Waals surface area contributed by atoms with Gasteiger partial charge >= 0.3 is 5.76 Å². The fraction of sp³-hybridized carbons (Fsp3) is 0.238. The number of nitrogens with two attached hydrogens (primary N) is 2. The van der Waals surface area contributed by atoms with Crippen molar-refractivity contribution in [3.8, 4) is 11.3 Å². The molecule has 0 saturated heterocycles. The molecule has 0 aliphatic rings. The molecule has 0 atom stereocenters. The number of primary amides is 2. The first-order valence-corrected chi connectivity index (χ1v) is 11.6. The van der Waals surface area contributed by atoms with Crippen LogP contribution in [0.1, 0.15) is 41.6 Å². The van der Waals surface area contributed by atoms with Crippen LogP contribution in [0.25, 0.3) is 11.3 Å². The van der Waals surface area contributed by atoms with E-state index in [1.165, 1.54) is 35.0 Å². The summed E-state index contributed by atoms with van der Waals surface area (Å²) < 4.78 is 51.4. The highest BCUT2D eigenvalue weighted by molar-refractivity contribution is 7.93. The molecule has 3 aromatic rings. The van der Waals surface area contributed by atoms with Crippen LogP contribution in [-0.2, 0) is 15.6 Å². The number of alkyl halides is 2. The Morgan fingerprint density at radius 3 is 2.17 bits per heavy atom. The third-order valence-corrected chi connectivity index (χ3v) is 5.66. The molecule has 3 rings (SSSR count). The first kappa shape index (κ1) is 25.6. The van der Waals surface area contributed by atoms with Crippen LogP contribution in [-0.4, -0.2) is 40.8 Å². The number of benzene rings is 1. The highest BCUT2D eigenvalue weighted by Crippen LogP contribution is 2.34. The van der Waals surface area contributed by atoms with Crippen molar-refractivity contribution in [2.45, 2.75) is 32.1 Å². The van der Waals surface area contributed by atoms with E-state index >= 15 is 0 Å². The molecule has 2 aromatic heterocycles. The van der Waals surface area contributed by atoms with Crippen molar-refractivity contribution in [2.24, 2.45) is 11.5 Å². The molecule has 0 saturated carbocycles. The van der Waals surface area contributed by atoms with E-state index < -0.39 is 33.1 Å². The molecule has 2 heterocycles. The summed E-state index contributed by atoms with van der Waals surface area (Å²) in [5.41, 5.74) is 10.7. The quantitative estimate of drug-likeness (QED) is 0.362. The van der Waals surface area contributed by atoms with Gasteiger partial charge in [0.1, 0.15) is 28.6 Å². The number of amides is 2. The van der Waals surface area contributed by atoms with Gasteiger partial charge in [-0.05, 0) is 45.0 Å². The Balaban J connectivity index is 2.11. The van der Waals surface area contributed by atoms with Crippen LogP contribution in [0.5, 0.6) is 0 Å². The number of hydrogen-bond acceptors (Lipinski definition) is 7. The third-order valence-electron chi connectivity index (χ3n) is 4.67. The summed E-state index contributed by atoms with van der Waals surface area (Å²) in [5, 5.41) is 7.51. The summed E-state index contributed by atoms with van der Waals surface area (Å²) in [4.78, 5) is 28.1. The van der Waals surface area contributed by atoms with E-state index in [9.17, 15) is 26.8 Å². The maximum atomic E-state index is 12.6.